The summed E-state index contributed by atoms with van der Waals surface area (Å²) in [5.41, 5.74) is 2.32. The first-order chi connectivity index (χ1) is 10.6. The smallest absolute Gasteiger partial charge is 0.307 e. The van der Waals surface area contributed by atoms with Crippen molar-refractivity contribution in [2.24, 2.45) is 0 Å². The molecule has 1 N–H and O–H groups in total. The van der Waals surface area contributed by atoms with Gasteiger partial charge in [0.25, 0.3) is 0 Å². The molecule has 22 heavy (non-hydrogen) atoms. The van der Waals surface area contributed by atoms with E-state index in [1.165, 1.54) is 11.3 Å². The highest BCUT2D eigenvalue weighted by molar-refractivity contribution is 7.19. The molecule has 0 radical (unpaired) electrons. The molecule has 3 aromatic rings. The van der Waals surface area contributed by atoms with Crippen molar-refractivity contribution in [2.75, 3.05) is 0 Å². The lowest BCUT2D eigenvalue weighted by molar-refractivity contribution is -0.135. The average Bonchev–Trinajstić information content (AvgIpc) is 2.92. The van der Waals surface area contributed by atoms with Crippen LogP contribution in [-0.4, -0.2) is 16.1 Å². The summed E-state index contributed by atoms with van der Waals surface area (Å²) in [6.45, 7) is 0. The van der Waals surface area contributed by atoms with E-state index in [1.54, 1.807) is 12.1 Å². The Morgan fingerprint density at radius 1 is 1.18 bits per heavy atom. The van der Waals surface area contributed by atoms with Crippen LogP contribution in [0.15, 0.2) is 48.5 Å². The Bertz CT molecular complexity index is 837. The van der Waals surface area contributed by atoms with Gasteiger partial charge in [-0.1, -0.05) is 41.9 Å². The molecule has 0 aliphatic heterocycles. The summed E-state index contributed by atoms with van der Waals surface area (Å²) in [5.74, 6) is -0.891. The van der Waals surface area contributed by atoms with Crippen molar-refractivity contribution in [2.45, 2.75) is 6.42 Å². The molecule has 0 spiro atoms. The highest BCUT2D eigenvalue weighted by Crippen LogP contribution is 2.31. The number of carboxylic acids is 1. The largest absolute Gasteiger partial charge is 0.481 e. The average molecular weight is 330 g/mol. The van der Waals surface area contributed by atoms with E-state index in [0.717, 1.165) is 15.8 Å². The summed E-state index contributed by atoms with van der Waals surface area (Å²) < 4.78 is 1.04. The zero-order valence-corrected chi connectivity index (χ0v) is 13.1. The van der Waals surface area contributed by atoms with Crippen LogP contribution in [0.5, 0.6) is 0 Å². The van der Waals surface area contributed by atoms with Crippen molar-refractivity contribution in [3.8, 4) is 0 Å². The Hall–Kier alpha value is -2.17. The molecule has 0 aliphatic rings. The summed E-state index contributed by atoms with van der Waals surface area (Å²) in [7, 11) is 0. The van der Waals surface area contributed by atoms with Crippen LogP contribution in [0.4, 0.5) is 0 Å². The van der Waals surface area contributed by atoms with Gasteiger partial charge in [0.15, 0.2) is 0 Å². The maximum atomic E-state index is 11.2. The number of fused-ring (bicyclic) bond motifs is 1. The van der Waals surface area contributed by atoms with Crippen LogP contribution in [0, 0.1) is 0 Å². The van der Waals surface area contributed by atoms with E-state index in [-0.39, 0.29) is 6.42 Å². The van der Waals surface area contributed by atoms with Crippen molar-refractivity contribution in [1.82, 2.24) is 4.98 Å². The normalized spacial score (nSPS) is 11.8. The first kappa shape index (κ1) is 14.8. The van der Waals surface area contributed by atoms with Gasteiger partial charge in [-0.3, -0.25) is 4.79 Å². The van der Waals surface area contributed by atoms with Gasteiger partial charge in [0, 0.05) is 5.02 Å². The number of para-hydroxylation sites is 1. The molecule has 0 atom stereocenters. The van der Waals surface area contributed by atoms with E-state index >= 15 is 0 Å². The summed E-state index contributed by atoms with van der Waals surface area (Å²) in [4.78, 5) is 15.7. The minimum atomic E-state index is -0.891. The monoisotopic (exact) mass is 329 g/mol. The van der Waals surface area contributed by atoms with Crippen LogP contribution in [-0.2, 0) is 4.79 Å². The third kappa shape index (κ3) is 3.18. The highest BCUT2D eigenvalue weighted by Gasteiger charge is 2.13. The molecule has 0 saturated heterocycles. The molecule has 110 valence electrons. The standard InChI is InChI=1S/C17H12ClNO2S/c18-13-6-2-1-5-11(13)9-12(10-16(20)21)17-19-14-7-3-4-8-15(14)22-17/h1-9H,10H2,(H,20,21)/b12-9+. The van der Waals surface area contributed by atoms with Crippen LogP contribution in [0.2, 0.25) is 5.02 Å². The number of hydrogen-bond donors (Lipinski definition) is 1. The Labute approximate surface area is 136 Å². The van der Waals surface area contributed by atoms with Gasteiger partial charge in [-0.2, -0.15) is 0 Å². The predicted octanol–water partition coefficient (Wildman–Crippen LogP) is 4.97. The summed E-state index contributed by atoms with van der Waals surface area (Å²) in [6.07, 6.45) is 1.71. The molecule has 0 amide bonds. The van der Waals surface area contributed by atoms with Crippen LogP contribution in [0.1, 0.15) is 17.0 Å². The maximum Gasteiger partial charge on any atom is 0.307 e. The summed E-state index contributed by atoms with van der Waals surface area (Å²) in [6, 6.07) is 15.1. The maximum absolute atomic E-state index is 11.2. The van der Waals surface area contributed by atoms with Crippen LogP contribution >= 0.6 is 22.9 Å². The van der Waals surface area contributed by atoms with Gasteiger partial charge in [-0.15, -0.1) is 11.3 Å². The van der Waals surface area contributed by atoms with Gasteiger partial charge in [0.2, 0.25) is 0 Å². The second kappa shape index (κ2) is 6.30. The quantitative estimate of drug-likeness (QED) is 0.735. The molecule has 5 heteroatoms. The fraction of sp³-hybridized carbons (Fsp3) is 0.0588. The molecule has 0 unspecified atom stereocenters. The van der Waals surface area contributed by atoms with Gasteiger partial charge in [-0.25, -0.2) is 4.98 Å². The Morgan fingerprint density at radius 3 is 2.64 bits per heavy atom. The fourth-order valence-electron chi connectivity index (χ4n) is 2.14. The summed E-state index contributed by atoms with van der Waals surface area (Å²) in [5, 5.41) is 10.5. The van der Waals surface area contributed by atoms with Crippen molar-refractivity contribution >= 4 is 50.8 Å². The Kier molecular flexibility index (Phi) is 4.22. The van der Waals surface area contributed by atoms with E-state index in [9.17, 15) is 9.90 Å². The first-order valence-corrected chi connectivity index (χ1v) is 7.86. The van der Waals surface area contributed by atoms with E-state index in [4.69, 9.17) is 11.6 Å². The van der Waals surface area contributed by atoms with E-state index in [0.29, 0.717) is 15.6 Å². The van der Waals surface area contributed by atoms with Crippen molar-refractivity contribution < 1.29 is 9.90 Å². The third-order valence-corrected chi connectivity index (χ3v) is 4.60. The lowest BCUT2D eigenvalue weighted by atomic mass is 10.1. The number of aromatic nitrogens is 1. The molecule has 0 fully saturated rings. The number of carbonyl (C=O) groups is 1. The molecule has 1 heterocycles. The zero-order chi connectivity index (χ0) is 15.5. The number of nitrogens with zero attached hydrogens (tertiary/aromatic N) is 1. The lowest BCUT2D eigenvalue weighted by Gasteiger charge is -2.03. The third-order valence-electron chi connectivity index (χ3n) is 3.15. The summed E-state index contributed by atoms with van der Waals surface area (Å²) >= 11 is 7.65. The molecule has 1 aromatic heterocycles. The number of benzene rings is 2. The van der Waals surface area contributed by atoms with Gasteiger partial charge in [-0.05, 0) is 35.4 Å². The highest BCUT2D eigenvalue weighted by atomic mass is 35.5. The molecule has 0 saturated carbocycles. The minimum absolute atomic E-state index is 0.0922. The second-order valence-electron chi connectivity index (χ2n) is 4.75. The van der Waals surface area contributed by atoms with Gasteiger partial charge in [0.1, 0.15) is 5.01 Å². The molecule has 3 rings (SSSR count). The van der Waals surface area contributed by atoms with E-state index < -0.39 is 5.97 Å². The number of thiazole rings is 1. The van der Waals surface area contributed by atoms with Crippen LogP contribution < -0.4 is 0 Å². The molecular formula is C17H12ClNO2S. The van der Waals surface area contributed by atoms with Crippen LogP contribution in [0.25, 0.3) is 21.9 Å². The lowest BCUT2D eigenvalue weighted by Crippen LogP contribution is -1.97. The van der Waals surface area contributed by atoms with Gasteiger partial charge < -0.3 is 5.11 Å². The number of hydrogen-bond acceptors (Lipinski definition) is 3. The van der Waals surface area contributed by atoms with E-state index in [2.05, 4.69) is 4.98 Å². The second-order valence-corrected chi connectivity index (χ2v) is 6.19. The number of aliphatic carboxylic acids is 1. The fourth-order valence-corrected chi connectivity index (χ4v) is 3.31. The topological polar surface area (TPSA) is 50.2 Å². The zero-order valence-electron chi connectivity index (χ0n) is 11.5. The predicted molar refractivity (Wildman–Crippen MR) is 91.2 cm³/mol. The molecule has 0 aliphatic carbocycles. The molecule has 0 bridgehead atoms. The number of carboxylic acid groups (broad SMARTS) is 1. The Morgan fingerprint density at radius 2 is 1.91 bits per heavy atom. The van der Waals surface area contributed by atoms with Gasteiger partial charge in [0.05, 0.1) is 16.6 Å². The Balaban J connectivity index is 2.10. The number of halogens is 1. The number of rotatable bonds is 4. The van der Waals surface area contributed by atoms with E-state index in [1.807, 2.05) is 42.5 Å². The van der Waals surface area contributed by atoms with Crippen molar-refractivity contribution in [3.05, 3.63) is 64.1 Å². The molecule has 3 nitrogen and oxygen atoms in total. The first-order valence-electron chi connectivity index (χ1n) is 6.66. The molecule has 2 aromatic carbocycles. The SMILES string of the molecule is O=C(O)C/C(=C\c1ccccc1Cl)c1nc2ccccc2s1. The van der Waals surface area contributed by atoms with Gasteiger partial charge >= 0.3 is 5.97 Å². The molecular weight excluding hydrogens is 318 g/mol. The van der Waals surface area contributed by atoms with Crippen molar-refractivity contribution in [1.29, 1.82) is 0 Å². The van der Waals surface area contributed by atoms with Crippen molar-refractivity contribution in [3.63, 3.8) is 0 Å². The van der Waals surface area contributed by atoms with Crippen LogP contribution in [0.3, 0.4) is 0 Å². The minimum Gasteiger partial charge on any atom is -0.481 e.